The van der Waals surface area contributed by atoms with Crippen LogP contribution in [0.5, 0.6) is 11.5 Å². The van der Waals surface area contributed by atoms with Crippen molar-refractivity contribution in [3.8, 4) is 34.6 Å². The van der Waals surface area contributed by atoms with Gasteiger partial charge in [-0.15, -0.1) is 5.92 Å². The van der Waals surface area contributed by atoms with Gasteiger partial charge in [-0.05, 0) is 30.7 Å². The molecule has 0 aliphatic rings. The van der Waals surface area contributed by atoms with Crippen LogP contribution in [0.25, 0.3) is 33.1 Å². The molecule has 2 aromatic heterocycles. The molecule has 30 heavy (non-hydrogen) atoms. The van der Waals surface area contributed by atoms with Crippen molar-refractivity contribution in [1.29, 1.82) is 0 Å². The number of benzene rings is 2. The maximum Gasteiger partial charge on any atom is 0.162 e. The van der Waals surface area contributed by atoms with E-state index in [4.69, 9.17) is 19.3 Å². The average molecular weight is 401 g/mol. The molecule has 4 rings (SSSR count). The quantitative estimate of drug-likeness (QED) is 0.466. The van der Waals surface area contributed by atoms with Gasteiger partial charge in [0.25, 0.3) is 0 Å². The zero-order valence-corrected chi connectivity index (χ0v) is 17.7. The highest BCUT2D eigenvalue weighted by Gasteiger charge is 2.18. The number of hydrogen-bond acceptors (Lipinski definition) is 5. The summed E-state index contributed by atoms with van der Waals surface area (Å²) in [6.07, 6.45) is 1.84. The lowest BCUT2D eigenvalue weighted by Crippen LogP contribution is -1.94. The minimum Gasteiger partial charge on any atom is -0.493 e. The molecule has 0 saturated carbocycles. The summed E-state index contributed by atoms with van der Waals surface area (Å²) in [6, 6.07) is 10.0. The summed E-state index contributed by atoms with van der Waals surface area (Å²) in [4.78, 5) is 4.61. The molecule has 4 aromatic rings. The monoisotopic (exact) mass is 401 g/mol. The van der Waals surface area contributed by atoms with Crippen molar-refractivity contribution < 1.29 is 14.2 Å². The topological polar surface area (TPSA) is 58.4 Å². The first-order chi connectivity index (χ1) is 14.6. The van der Waals surface area contributed by atoms with Crippen LogP contribution in [0.4, 0.5) is 0 Å². The van der Waals surface area contributed by atoms with Crippen LogP contribution in [0, 0.1) is 11.8 Å². The Bertz CT molecular complexity index is 1310. The molecule has 0 fully saturated rings. The zero-order valence-electron chi connectivity index (χ0n) is 17.7. The summed E-state index contributed by atoms with van der Waals surface area (Å²) < 4.78 is 18.2. The van der Waals surface area contributed by atoms with Crippen molar-refractivity contribution in [2.45, 2.75) is 13.5 Å². The highest BCUT2D eigenvalue weighted by atomic mass is 16.5. The van der Waals surface area contributed by atoms with Crippen LogP contribution in [0.1, 0.15) is 18.1 Å². The summed E-state index contributed by atoms with van der Waals surface area (Å²) in [7, 11) is 6.86. The molecule has 0 spiro atoms. The van der Waals surface area contributed by atoms with Crippen LogP contribution in [-0.4, -0.2) is 36.1 Å². The van der Waals surface area contributed by atoms with Gasteiger partial charge >= 0.3 is 0 Å². The van der Waals surface area contributed by atoms with E-state index in [0.29, 0.717) is 18.1 Å². The van der Waals surface area contributed by atoms with Crippen molar-refractivity contribution in [1.82, 2.24) is 14.8 Å². The van der Waals surface area contributed by atoms with Gasteiger partial charge in [0.2, 0.25) is 0 Å². The highest BCUT2D eigenvalue weighted by Crippen LogP contribution is 2.38. The molecule has 2 aromatic carbocycles. The number of nitrogens with zero attached hydrogens (tertiary/aromatic N) is 3. The van der Waals surface area contributed by atoms with Gasteiger partial charge in [-0.1, -0.05) is 12.0 Å². The third-order valence-electron chi connectivity index (χ3n) is 5.13. The van der Waals surface area contributed by atoms with Gasteiger partial charge in [-0.3, -0.25) is 9.67 Å². The second kappa shape index (κ2) is 8.05. The Morgan fingerprint density at radius 1 is 1.03 bits per heavy atom. The lowest BCUT2D eigenvalue weighted by atomic mass is 9.99. The van der Waals surface area contributed by atoms with E-state index in [1.54, 1.807) is 21.3 Å². The summed E-state index contributed by atoms with van der Waals surface area (Å²) >= 11 is 0. The molecule has 0 N–H and O–H groups in total. The minimum atomic E-state index is 0.482. The van der Waals surface area contributed by atoms with Gasteiger partial charge in [0, 0.05) is 42.1 Å². The number of hydrogen-bond donors (Lipinski definition) is 0. The SMILES string of the molecule is CC#Cc1ccc(-c2nn(C)c3cnc4cc(OC)c(OC)cc4c23)cc1COC. The van der Waals surface area contributed by atoms with Crippen molar-refractivity contribution in [3.05, 3.63) is 47.7 Å². The fourth-order valence-corrected chi connectivity index (χ4v) is 3.73. The molecule has 0 amide bonds. The van der Waals surface area contributed by atoms with E-state index in [-0.39, 0.29) is 0 Å². The first-order valence-corrected chi connectivity index (χ1v) is 9.53. The Hall–Kier alpha value is -3.56. The molecular formula is C24H23N3O3. The van der Waals surface area contributed by atoms with Crippen molar-refractivity contribution in [3.63, 3.8) is 0 Å². The van der Waals surface area contributed by atoms with Crippen molar-refractivity contribution >= 4 is 21.8 Å². The van der Waals surface area contributed by atoms with Gasteiger partial charge in [0.15, 0.2) is 11.5 Å². The number of methoxy groups -OCH3 is 3. The van der Waals surface area contributed by atoms with Crippen molar-refractivity contribution in [2.75, 3.05) is 21.3 Å². The second-order valence-electron chi connectivity index (χ2n) is 6.89. The van der Waals surface area contributed by atoms with Crippen LogP contribution in [0.15, 0.2) is 36.5 Å². The Kier molecular flexibility index (Phi) is 5.30. The maximum atomic E-state index is 5.53. The van der Waals surface area contributed by atoms with Gasteiger partial charge in [0.05, 0.1) is 38.1 Å². The molecule has 0 bridgehead atoms. The molecule has 0 unspecified atom stereocenters. The zero-order chi connectivity index (χ0) is 21.3. The Morgan fingerprint density at radius 3 is 2.50 bits per heavy atom. The molecule has 0 atom stereocenters. The Balaban J connectivity index is 2.02. The van der Waals surface area contributed by atoms with Gasteiger partial charge in [-0.2, -0.15) is 5.10 Å². The summed E-state index contributed by atoms with van der Waals surface area (Å²) in [5.41, 5.74) is 5.62. The molecule has 6 heteroatoms. The van der Waals surface area contributed by atoms with E-state index in [1.165, 1.54) is 0 Å². The Morgan fingerprint density at radius 2 is 1.80 bits per heavy atom. The van der Waals surface area contributed by atoms with Crippen LogP contribution < -0.4 is 9.47 Å². The number of ether oxygens (including phenoxy) is 3. The van der Waals surface area contributed by atoms with Crippen molar-refractivity contribution in [2.24, 2.45) is 7.05 Å². The van der Waals surface area contributed by atoms with Gasteiger partial charge in [0.1, 0.15) is 5.69 Å². The van der Waals surface area contributed by atoms with E-state index in [9.17, 15) is 0 Å². The third-order valence-corrected chi connectivity index (χ3v) is 5.13. The maximum absolute atomic E-state index is 5.53. The predicted octanol–water partition coefficient (Wildman–Crippen LogP) is 4.32. The highest BCUT2D eigenvalue weighted by molar-refractivity contribution is 6.11. The molecule has 0 radical (unpaired) electrons. The fourth-order valence-electron chi connectivity index (χ4n) is 3.73. The van der Waals surface area contributed by atoms with E-state index in [0.717, 1.165) is 44.2 Å². The first-order valence-electron chi connectivity index (χ1n) is 9.53. The van der Waals surface area contributed by atoms with Gasteiger partial charge in [-0.25, -0.2) is 0 Å². The van der Waals surface area contributed by atoms with E-state index in [2.05, 4.69) is 22.9 Å². The third kappa shape index (κ3) is 3.23. The lowest BCUT2D eigenvalue weighted by molar-refractivity contribution is 0.184. The summed E-state index contributed by atoms with van der Waals surface area (Å²) in [5.74, 6) is 7.41. The van der Waals surface area contributed by atoms with E-state index >= 15 is 0 Å². The molecule has 6 nitrogen and oxygen atoms in total. The largest absolute Gasteiger partial charge is 0.493 e. The summed E-state index contributed by atoms with van der Waals surface area (Å²) in [6.45, 7) is 2.31. The molecular weight excluding hydrogens is 378 g/mol. The molecule has 0 saturated heterocycles. The van der Waals surface area contributed by atoms with E-state index in [1.807, 2.05) is 49.1 Å². The molecule has 0 aliphatic heterocycles. The normalized spacial score (nSPS) is 10.8. The number of pyridine rings is 1. The Labute approximate surface area is 175 Å². The molecule has 152 valence electrons. The molecule has 0 aliphatic carbocycles. The molecule has 2 heterocycles. The number of aryl methyl sites for hydroxylation is 1. The summed E-state index contributed by atoms with van der Waals surface area (Å²) in [5, 5.41) is 6.79. The standard InChI is InChI=1S/C24H23N3O3/c1-6-7-15-8-9-16(10-17(15)14-28-3)24-23-18-11-21(29-4)22(30-5)12-19(18)25-13-20(23)27(2)26-24/h8-13H,14H2,1-5H3. The second-order valence-corrected chi connectivity index (χ2v) is 6.89. The average Bonchev–Trinajstić information content (AvgIpc) is 3.11. The number of fused-ring (bicyclic) bond motifs is 3. The van der Waals surface area contributed by atoms with Crippen LogP contribution in [-0.2, 0) is 18.4 Å². The van der Waals surface area contributed by atoms with Crippen LogP contribution in [0.2, 0.25) is 0 Å². The minimum absolute atomic E-state index is 0.482. The smallest absolute Gasteiger partial charge is 0.162 e. The van der Waals surface area contributed by atoms with Crippen LogP contribution in [0.3, 0.4) is 0 Å². The van der Waals surface area contributed by atoms with E-state index < -0.39 is 0 Å². The van der Waals surface area contributed by atoms with Crippen LogP contribution >= 0.6 is 0 Å². The lowest BCUT2D eigenvalue weighted by Gasteiger charge is -2.10. The first kappa shape index (κ1) is 19.7. The predicted molar refractivity (Wildman–Crippen MR) is 118 cm³/mol. The fraction of sp³-hybridized carbons (Fsp3) is 0.250. The van der Waals surface area contributed by atoms with Gasteiger partial charge < -0.3 is 14.2 Å². The number of aromatic nitrogens is 3. The number of rotatable bonds is 5.